The maximum absolute atomic E-state index is 14.9. The lowest BCUT2D eigenvalue weighted by atomic mass is 10.0. The van der Waals surface area contributed by atoms with Crippen LogP contribution >= 0.6 is 23.5 Å². The van der Waals surface area contributed by atoms with Gasteiger partial charge in [0.05, 0.1) is 5.69 Å². The molecule has 1 aromatic heterocycles. The number of halogens is 2. The van der Waals surface area contributed by atoms with Gasteiger partial charge in [-0.1, -0.05) is 54.6 Å². The van der Waals surface area contributed by atoms with Crippen molar-refractivity contribution in [2.24, 2.45) is 0 Å². The first-order valence-electron chi connectivity index (χ1n) is 8.81. The van der Waals surface area contributed by atoms with Gasteiger partial charge >= 0.3 is 5.92 Å². The Bertz CT molecular complexity index is 984. The van der Waals surface area contributed by atoms with Crippen molar-refractivity contribution in [2.45, 2.75) is 22.8 Å². The Labute approximate surface area is 177 Å². The number of aryl methyl sites for hydroxylation is 1. The summed E-state index contributed by atoms with van der Waals surface area (Å²) in [7, 11) is 0. The van der Waals surface area contributed by atoms with Crippen LogP contribution in [0.5, 0.6) is 0 Å². The van der Waals surface area contributed by atoms with Crippen molar-refractivity contribution in [3.05, 3.63) is 71.9 Å². The van der Waals surface area contributed by atoms with Gasteiger partial charge in [-0.2, -0.15) is 8.78 Å². The third-order valence-electron chi connectivity index (χ3n) is 4.37. The van der Waals surface area contributed by atoms with Crippen LogP contribution in [-0.2, 0) is 10.7 Å². The molecule has 3 rings (SSSR count). The van der Waals surface area contributed by atoms with Crippen LogP contribution in [0.15, 0.2) is 70.6 Å². The fourth-order valence-corrected chi connectivity index (χ4v) is 4.17. The minimum absolute atomic E-state index is 0.321. The first-order chi connectivity index (χ1) is 13.9. The molecule has 7 heteroatoms. The summed E-state index contributed by atoms with van der Waals surface area (Å²) in [6.07, 6.45) is 3.62. The highest BCUT2D eigenvalue weighted by molar-refractivity contribution is 7.99. The van der Waals surface area contributed by atoms with Gasteiger partial charge < -0.3 is 5.32 Å². The largest absolute Gasteiger partial charge is 0.350 e. The number of hydrogen-bond acceptors (Lipinski definition) is 4. The van der Waals surface area contributed by atoms with Crippen LogP contribution < -0.4 is 5.32 Å². The van der Waals surface area contributed by atoms with Crippen molar-refractivity contribution in [3.63, 3.8) is 0 Å². The highest BCUT2D eigenvalue weighted by Crippen LogP contribution is 2.37. The second-order valence-corrected chi connectivity index (χ2v) is 7.97. The van der Waals surface area contributed by atoms with E-state index >= 15 is 0 Å². The predicted molar refractivity (Wildman–Crippen MR) is 117 cm³/mol. The van der Waals surface area contributed by atoms with Crippen LogP contribution in [0.25, 0.3) is 11.1 Å². The number of carbonyl (C=O) groups excluding carboxylic acids is 1. The SMILES string of the molecule is CSc1cc(C)nc(SC)c1NC(=O)C(F)(F)c1ccc(-c2ccccc2)cc1. The predicted octanol–water partition coefficient (Wildman–Crippen LogP) is 6.23. The van der Waals surface area contributed by atoms with Crippen molar-refractivity contribution in [3.8, 4) is 11.1 Å². The third kappa shape index (κ3) is 4.62. The van der Waals surface area contributed by atoms with Gasteiger partial charge in [0, 0.05) is 16.2 Å². The molecule has 0 aliphatic rings. The molecular weight excluding hydrogens is 410 g/mol. The maximum atomic E-state index is 14.9. The fraction of sp³-hybridized carbons (Fsp3) is 0.182. The molecule has 3 nitrogen and oxygen atoms in total. The van der Waals surface area contributed by atoms with Gasteiger partial charge in [0.25, 0.3) is 5.91 Å². The monoisotopic (exact) mass is 430 g/mol. The molecule has 0 radical (unpaired) electrons. The van der Waals surface area contributed by atoms with Crippen molar-refractivity contribution >= 4 is 35.1 Å². The minimum atomic E-state index is -3.68. The Morgan fingerprint density at radius 2 is 1.59 bits per heavy atom. The highest BCUT2D eigenvalue weighted by atomic mass is 32.2. The number of thioether (sulfide) groups is 2. The van der Waals surface area contributed by atoms with Gasteiger partial charge in [-0.15, -0.1) is 23.5 Å². The van der Waals surface area contributed by atoms with Crippen molar-refractivity contribution < 1.29 is 13.6 Å². The van der Waals surface area contributed by atoms with Crippen molar-refractivity contribution in [1.82, 2.24) is 4.98 Å². The quantitative estimate of drug-likeness (QED) is 0.471. The number of pyridine rings is 1. The number of aromatic nitrogens is 1. The number of amides is 1. The van der Waals surface area contributed by atoms with E-state index in [1.807, 2.05) is 43.5 Å². The van der Waals surface area contributed by atoms with E-state index in [2.05, 4.69) is 10.3 Å². The standard InChI is InChI=1S/C22H20F2N2OS2/c1-14-13-18(28-2)19(20(25-14)29-3)26-21(27)22(23,24)17-11-9-16(10-12-17)15-7-5-4-6-8-15/h4-13H,1-3H3,(H,26,27). The van der Waals surface area contributed by atoms with Gasteiger partial charge in [0.1, 0.15) is 5.03 Å². The average molecular weight is 431 g/mol. The van der Waals surface area contributed by atoms with Crippen LogP contribution in [0.3, 0.4) is 0 Å². The zero-order valence-electron chi connectivity index (χ0n) is 16.2. The summed E-state index contributed by atoms with van der Waals surface area (Å²) in [5.41, 5.74) is 2.46. The van der Waals surface area contributed by atoms with Crippen LogP contribution in [-0.4, -0.2) is 23.4 Å². The molecule has 3 aromatic rings. The van der Waals surface area contributed by atoms with Crippen LogP contribution in [0.4, 0.5) is 14.5 Å². The Morgan fingerprint density at radius 1 is 0.966 bits per heavy atom. The minimum Gasteiger partial charge on any atom is -0.317 e. The summed E-state index contributed by atoms with van der Waals surface area (Å²) in [4.78, 5) is 17.5. The van der Waals surface area contributed by atoms with Gasteiger partial charge in [-0.3, -0.25) is 4.79 Å². The van der Waals surface area contributed by atoms with Gasteiger partial charge in [-0.05, 0) is 36.6 Å². The summed E-state index contributed by atoms with van der Waals surface area (Å²) < 4.78 is 29.7. The number of alkyl halides is 2. The lowest BCUT2D eigenvalue weighted by molar-refractivity contribution is -0.141. The lowest BCUT2D eigenvalue weighted by Crippen LogP contribution is -2.32. The first-order valence-corrected chi connectivity index (χ1v) is 11.3. The number of nitrogens with zero attached hydrogens (tertiary/aromatic N) is 1. The molecule has 0 saturated heterocycles. The molecule has 2 aromatic carbocycles. The summed E-state index contributed by atoms with van der Waals surface area (Å²) in [6.45, 7) is 1.83. The Kier molecular flexibility index (Phi) is 6.59. The van der Waals surface area contributed by atoms with E-state index in [4.69, 9.17) is 0 Å². The van der Waals surface area contributed by atoms with E-state index < -0.39 is 11.8 Å². The number of nitrogens with one attached hydrogen (secondary N) is 1. The normalized spacial score (nSPS) is 11.3. The Balaban J connectivity index is 1.87. The second kappa shape index (κ2) is 8.97. The maximum Gasteiger partial charge on any atom is 0.350 e. The molecule has 0 aliphatic heterocycles. The van der Waals surface area contributed by atoms with Gasteiger partial charge in [0.15, 0.2) is 0 Å². The zero-order valence-corrected chi connectivity index (χ0v) is 17.8. The van der Waals surface area contributed by atoms with E-state index in [1.165, 1.54) is 35.7 Å². The Morgan fingerprint density at radius 3 is 2.17 bits per heavy atom. The molecule has 0 spiro atoms. The van der Waals surface area contributed by atoms with Crippen LogP contribution in [0, 0.1) is 6.92 Å². The lowest BCUT2D eigenvalue weighted by Gasteiger charge is -2.19. The van der Waals surface area contributed by atoms with Crippen molar-refractivity contribution in [1.29, 1.82) is 0 Å². The highest BCUT2D eigenvalue weighted by Gasteiger charge is 2.41. The number of rotatable bonds is 6. The molecule has 1 amide bonds. The molecule has 0 atom stereocenters. The average Bonchev–Trinajstić information content (AvgIpc) is 2.75. The number of anilines is 1. The molecule has 0 bridgehead atoms. The summed E-state index contributed by atoms with van der Waals surface area (Å²) in [5.74, 6) is -5.05. The molecule has 1 N–H and O–H groups in total. The second-order valence-electron chi connectivity index (χ2n) is 6.32. The van der Waals surface area contributed by atoms with E-state index in [-0.39, 0.29) is 5.56 Å². The van der Waals surface area contributed by atoms with E-state index in [0.29, 0.717) is 15.6 Å². The van der Waals surface area contributed by atoms with E-state index in [1.54, 1.807) is 24.5 Å². The molecule has 1 heterocycles. The molecule has 150 valence electrons. The molecular formula is C22H20F2N2OS2. The van der Waals surface area contributed by atoms with Gasteiger partial charge in [-0.25, -0.2) is 4.98 Å². The summed E-state index contributed by atoms with van der Waals surface area (Å²) in [5, 5.41) is 2.91. The Hall–Kier alpha value is -2.38. The molecule has 0 unspecified atom stereocenters. The molecule has 0 aliphatic carbocycles. The number of carbonyl (C=O) groups is 1. The molecule has 0 fully saturated rings. The number of benzene rings is 2. The topological polar surface area (TPSA) is 42.0 Å². The summed E-state index contributed by atoms with van der Waals surface area (Å²) in [6, 6.07) is 17.0. The van der Waals surface area contributed by atoms with E-state index in [0.717, 1.165) is 16.8 Å². The fourth-order valence-electron chi connectivity index (χ4n) is 2.87. The van der Waals surface area contributed by atoms with Crippen molar-refractivity contribution in [2.75, 3.05) is 17.8 Å². The van der Waals surface area contributed by atoms with E-state index in [9.17, 15) is 13.6 Å². The third-order valence-corrected chi connectivity index (χ3v) is 5.81. The molecule has 29 heavy (non-hydrogen) atoms. The zero-order chi connectivity index (χ0) is 21.0. The van der Waals surface area contributed by atoms with Crippen LogP contribution in [0.1, 0.15) is 11.3 Å². The number of hydrogen-bond donors (Lipinski definition) is 1. The van der Waals surface area contributed by atoms with Crippen LogP contribution in [0.2, 0.25) is 0 Å². The first kappa shape index (κ1) is 21.3. The molecule has 0 saturated carbocycles. The summed E-state index contributed by atoms with van der Waals surface area (Å²) >= 11 is 2.68. The van der Waals surface area contributed by atoms with Gasteiger partial charge in [0.2, 0.25) is 0 Å². The smallest absolute Gasteiger partial charge is 0.317 e.